The molecule has 0 atom stereocenters. The molecule has 0 saturated heterocycles. The van der Waals surface area contributed by atoms with Crippen LogP contribution < -0.4 is 18.5 Å². The molecular weight excluding hydrogens is 482 g/mol. The third-order valence-electron chi connectivity index (χ3n) is 5.99. The lowest BCUT2D eigenvalue weighted by Gasteiger charge is -2.25. The molecule has 1 heterocycles. The molecule has 0 spiro atoms. The number of likely N-dealkylation sites (N-methyl/N-ethyl adjacent to an activating group) is 1. The summed E-state index contributed by atoms with van der Waals surface area (Å²) in [5.41, 5.74) is 1.94. The van der Waals surface area contributed by atoms with Gasteiger partial charge in [0.05, 0.1) is 38.5 Å². The van der Waals surface area contributed by atoms with Crippen LogP contribution in [0.25, 0.3) is 21.8 Å². The fourth-order valence-electron chi connectivity index (χ4n) is 4.35. The number of rotatable bonds is 8. The molecule has 190 valence electrons. The lowest BCUT2D eigenvalue weighted by Crippen LogP contribution is -2.42. The molecule has 1 amide bonds. The number of nitrogens with zero attached hydrogens (tertiary/aromatic N) is 3. The Balaban J connectivity index is 1.95. The maximum absolute atomic E-state index is 14.1. The van der Waals surface area contributed by atoms with E-state index in [1.165, 1.54) is 39.5 Å². The normalized spacial score (nSPS) is 11.8. The molecule has 9 nitrogen and oxygen atoms in total. The average molecular weight is 512 g/mol. The Morgan fingerprint density at radius 2 is 1.47 bits per heavy atom. The quantitative estimate of drug-likeness (QED) is 0.357. The van der Waals surface area contributed by atoms with Gasteiger partial charge in [0.2, 0.25) is 5.75 Å². The highest BCUT2D eigenvalue weighted by molar-refractivity contribution is 7.93. The van der Waals surface area contributed by atoms with Crippen molar-refractivity contribution < 1.29 is 27.4 Å². The first-order valence-electron chi connectivity index (χ1n) is 11.1. The molecule has 0 aliphatic carbocycles. The van der Waals surface area contributed by atoms with E-state index in [0.29, 0.717) is 5.75 Å². The van der Waals surface area contributed by atoms with E-state index in [1.807, 2.05) is 35.9 Å². The maximum Gasteiger partial charge on any atom is 0.270 e. The predicted molar refractivity (Wildman–Crippen MR) is 140 cm³/mol. The van der Waals surface area contributed by atoms with Crippen molar-refractivity contribution in [2.24, 2.45) is 7.05 Å². The number of fused-ring (bicyclic) bond motifs is 3. The van der Waals surface area contributed by atoms with Crippen molar-refractivity contribution in [3.8, 4) is 17.2 Å². The number of hydrogen-bond donors (Lipinski definition) is 0. The van der Waals surface area contributed by atoms with Gasteiger partial charge < -0.3 is 23.7 Å². The summed E-state index contributed by atoms with van der Waals surface area (Å²) in [6.07, 6.45) is 0. The van der Waals surface area contributed by atoms with E-state index in [0.717, 1.165) is 26.1 Å². The van der Waals surface area contributed by atoms with Gasteiger partial charge in [-0.15, -0.1) is 0 Å². The van der Waals surface area contributed by atoms with Crippen LogP contribution in [0.15, 0.2) is 59.5 Å². The van der Waals surface area contributed by atoms with Gasteiger partial charge >= 0.3 is 0 Å². The van der Waals surface area contributed by atoms with Gasteiger partial charge in [-0.1, -0.05) is 18.2 Å². The number of amides is 1. The topological polar surface area (TPSA) is 90.3 Å². The number of methoxy groups -OCH3 is 3. The van der Waals surface area contributed by atoms with Gasteiger partial charge in [0.25, 0.3) is 15.9 Å². The van der Waals surface area contributed by atoms with Crippen LogP contribution in [-0.2, 0) is 21.9 Å². The summed E-state index contributed by atoms with van der Waals surface area (Å²) in [5, 5.41) is 1.70. The van der Waals surface area contributed by atoms with E-state index in [2.05, 4.69) is 0 Å². The van der Waals surface area contributed by atoms with Crippen molar-refractivity contribution in [3.63, 3.8) is 0 Å². The minimum atomic E-state index is -4.32. The molecule has 0 fully saturated rings. The van der Waals surface area contributed by atoms with Gasteiger partial charge in [0, 0.05) is 41.0 Å². The Bertz CT molecular complexity index is 1530. The Hall–Kier alpha value is -3.76. The van der Waals surface area contributed by atoms with Crippen LogP contribution in [-0.4, -0.2) is 65.8 Å². The number of aromatic nitrogens is 1. The molecule has 0 aliphatic heterocycles. The number of para-hydroxylation sites is 1. The molecule has 3 aromatic carbocycles. The Morgan fingerprint density at radius 3 is 2.06 bits per heavy atom. The van der Waals surface area contributed by atoms with Gasteiger partial charge in [0.15, 0.2) is 11.5 Å². The molecule has 0 N–H and O–H groups in total. The summed E-state index contributed by atoms with van der Waals surface area (Å²) in [6, 6.07) is 15.6. The second-order valence-corrected chi connectivity index (χ2v) is 10.3. The van der Waals surface area contributed by atoms with Crippen molar-refractivity contribution in [1.82, 2.24) is 9.47 Å². The zero-order chi connectivity index (χ0) is 26.2. The van der Waals surface area contributed by atoms with Crippen molar-refractivity contribution in [2.75, 3.05) is 46.3 Å². The van der Waals surface area contributed by atoms with Gasteiger partial charge in [0.1, 0.15) is 0 Å². The molecular formula is C26H29N3O6S. The zero-order valence-corrected chi connectivity index (χ0v) is 21.9. The summed E-state index contributed by atoms with van der Waals surface area (Å²) in [7, 11) is 5.30. The van der Waals surface area contributed by atoms with Gasteiger partial charge in [-0.2, -0.15) is 0 Å². The molecule has 0 radical (unpaired) electrons. The number of aryl methyl sites for hydroxylation is 1. The Labute approximate surface area is 210 Å². The lowest BCUT2D eigenvalue weighted by atomic mass is 10.1. The lowest BCUT2D eigenvalue weighted by molar-refractivity contribution is -0.118. The number of carbonyl (C=O) groups excluding carboxylic acids is 1. The first-order valence-corrected chi connectivity index (χ1v) is 12.6. The van der Waals surface area contributed by atoms with Crippen LogP contribution in [0.2, 0.25) is 0 Å². The number of carbonyl (C=O) groups is 1. The van der Waals surface area contributed by atoms with Crippen molar-refractivity contribution >= 4 is 43.4 Å². The molecule has 4 rings (SSSR count). The molecule has 0 unspecified atom stereocenters. The molecule has 0 saturated carbocycles. The molecule has 4 aromatic rings. The van der Waals surface area contributed by atoms with Crippen LogP contribution >= 0.6 is 0 Å². The highest BCUT2D eigenvalue weighted by Gasteiger charge is 2.33. The van der Waals surface area contributed by atoms with Crippen molar-refractivity contribution in [2.45, 2.75) is 4.90 Å². The summed E-state index contributed by atoms with van der Waals surface area (Å²) in [4.78, 5) is 15.0. The van der Waals surface area contributed by atoms with E-state index in [4.69, 9.17) is 14.2 Å². The van der Waals surface area contributed by atoms with E-state index in [9.17, 15) is 13.2 Å². The summed E-state index contributed by atoms with van der Waals surface area (Å²) >= 11 is 0. The summed E-state index contributed by atoms with van der Waals surface area (Å²) < 4.78 is 47.1. The number of anilines is 1. The van der Waals surface area contributed by atoms with Crippen LogP contribution in [0.1, 0.15) is 0 Å². The van der Waals surface area contributed by atoms with Crippen molar-refractivity contribution in [3.05, 3.63) is 54.6 Å². The minimum Gasteiger partial charge on any atom is -0.493 e. The van der Waals surface area contributed by atoms with Crippen molar-refractivity contribution in [1.29, 1.82) is 0 Å². The van der Waals surface area contributed by atoms with Crippen LogP contribution in [0.4, 0.5) is 5.69 Å². The summed E-state index contributed by atoms with van der Waals surface area (Å²) in [5.74, 6) is 0.119. The Morgan fingerprint density at radius 1 is 0.861 bits per heavy atom. The van der Waals surface area contributed by atoms with Gasteiger partial charge in [-0.25, -0.2) is 12.7 Å². The third kappa shape index (κ3) is 4.22. The first-order chi connectivity index (χ1) is 17.1. The number of benzene rings is 3. The smallest absolute Gasteiger partial charge is 0.270 e. The number of hydrogen-bond acceptors (Lipinski definition) is 7. The molecule has 10 heteroatoms. The van der Waals surface area contributed by atoms with E-state index >= 15 is 0 Å². The fourth-order valence-corrected chi connectivity index (χ4v) is 5.78. The van der Waals surface area contributed by atoms with Gasteiger partial charge in [-0.3, -0.25) is 4.79 Å². The fraction of sp³-hybridized carbons (Fsp3) is 0.269. The predicted octanol–water partition coefficient (Wildman–Crippen LogP) is 3.64. The summed E-state index contributed by atoms with van der Waals surface area (Å²) in [6.45, 7) is -0.133. The van der Waals surface area contributed by atoms with Crippen LogP contribution in [0.3, 0.4) is 0 Å². The monoisotopic (exact) mass is 511 g/mol. The maximum atomic E-state index is 14.1. The molecule has 36 heavy (non-hydrogen) atoms. The standard InChI is InChI=1S/C26H29N3O6S/c1-27(2)16-25(30)29(17-13-23(33-4)26(35-6)24(14-17)34-5)36(31,32)18-11-12-22-20(15-18)19-9-7-8-10-21(19)28(22)3/h7-15H,16H2,1-6H3. The van der Waals surface area contributed by atoms with E-state index in [1.54, 1.807) is 31.1 Å². The van der Waals surface area contributed by atoms with E-state index in [-0.39, 0.29) is 28.6 Å². The van der Waals surface area contributed by atoms with Gasteiger partial charge in [-0.05, 0) is 38.4 Å². The SMILES string of the molecule is COc1cc(N(C(=O)CN(C)C)S(=O)(=O)c2ccc3c(c2)c2ccccc2n3C)cc(OC)c1OC. The van der Waals surface area contributed by atoms with E-state index < -0.39 is 15.9 Å². The molecule has 1 aromatic heterocycles. The average Bonchev–Trinajstić information content (AvgIpc) is 3.14. The number of sulfonamides is 1. The second kappa shape index (κ2) is 9.71. The zero-order valence-electron chi connectivity index (χ0n) is 21.1. The third-order valence-corrected chi connectivity index (χ3v) is 7.73. The first kappa shape index (κ1) is 25.3. The van der Waals surface area contributed by atoms with Crippen LogP contribution in [0, 0.1) is 0 Å². The highest BCUT2D eigenvalue weighted by atomic mass is 32.2. The number of ether oxygens (including phenoxy) is 3. The minimum absolute atomic E-state index is 0.00721. The highest BCUT2D eigenvalue weighted by Crippen LogP contribution is 2.42. The van der Waals surface area contributed by atoms with Crippen LogP contribution in [0.5, 0.6) is 17.2 Å². The molecule has 0 bridgehead atoms. The Kier molecular flexibility index (Phi) is 6.83. The largest absolute Gasteiger partial charge is 0.493 e. The second-order valence-electron chi connectivity index (χ2n) is 8.54. The molecule has 0 aliphatic rings.